The van der Waals surface area contributed by atoms with Gasteiger partial charge in [0.05, 0.1) is 37.4 Å². The molecule has 16 heteroatoms. The van der Waals surface area contributed by atoms with Gasteiger partial charge >= 0.3 is 11.9 Å². The van der Waals surface area contributed by atoms with E-state index in [-0.39, 0.29) is 39.6 Å². The highest BCUT2D eigenvalue weighted by molar-refractivity contribution is 7.15. The maximum atomic E-state index is 12.9. The van der Waals surface area contributed by atoms with Crippen molar-refractivity contribution in [2.75, 3.05) is 27.2 Å². The normalized spacial score (nSPS) is 14.5. The average Bonchev–Trinajstić information content (AvgIpc) is 3.97. The van der Waals surface area contributed by atoms with Gasteiger partial charge in [0, 0.05) is 43.1 Å². The standard InChI is InChI=1S/C28H33N5O2S.C26H29N5O2S.2CH4/c1-17-18(2)36-27-24(17)25(21-13-11-20(12-14-21)10-9-15-32(7)8)29-22(16-23(34)35-28(4,5)6)26-31-30-19(3)33(26)27;1-15-16(2)34-25-22(15)23(19-11-9-18(10-12-19)8-7-13-27)28-20(14-21(32)33-26(4,5)6)24-30-29-17(3)31(24)25;;/h11-14,22H,15-16H2,1-8H3;9-12,20H,13-14,27H2,1-6H3;2*1H4/t22-;20-;;/m00../s1. The fraction of sp³-hybridized carbons (Fsp3) is 0.429. The molecule has 6 heterocycles. The van der Waals surface area contributed by atoms with Crippen molar-refractivity contribution >= 4 is 46.0 Å². The van der Waals surface area contributed by atoms with Crippen molar-refractivity contribution in [3.05, 3.63) is 126 Å². The van der Waals surface area contributed by atoms with E-state index in [4.69, 9.17) is 25.2 Å². The van der Waals surface area contributed by atoms with Crippen LogP contribution < -0.4 is 5.73 Å². The average molecular weight is 1010 g/mol. The number of aryl methyl sites for hydroxylation is 4. The summed E-state index contributed by atoms with van der Waals surface area (Å²) in [6.07, 6.45) is 0.159. The molecule has 2 aliphatic heterocycles. The monoisotopic (exact) mass is 1010 g/mol. The molecule has 4 aromatic heterocycles. The predicted molar refractivity (Wildman–Crippen MR) is 292 cm³/mol. The Hall–Kier alpha value is -6.56. The van der Waals surface area contributed by atoms with E-state index in [1.54, 1.807) is 22.7 Å². The van der Waals surface area contributed by atoms with E-state index in [1.165, 1.54) is 15.3 Å². The first-order valence-corrected chi connectivity index (χ1v) is 24.8. The molecule has 2 aliphatic rings. The Morgan fingerprint density at radius 2 is 1.00 bits per heavy atom. The summed E-state index contributed by atoms with van der Waals surface area (Å²) >= 11 is 3.38. The number of aromatic nitrogens is 6. The van der Waals surface area contributed by atoms with Gasteiger partial charge < -0.3 is 15.2 Å². The number of esters is 2. The molecule has 0 saturated heterocycles. The Bertz CT molecular complexity index is 3130. The molecule has 72 heavy (non-hydrogen) atoms. The number of carbonyl (C=O) groups excluding carboxylic acids is 2. The van der Waals surface area contributed by atoms with E-state index < -0.39 is 23.3 Å². The lowest BCUT2D eigenvalue weighted by atomic mass is 9.98. The van der Waals surface area contributed by atoms with Crippen LogP contribution >= 0.6 is 22.7 Å². The second-order valence-corrected chi connectivity index (χ2v) is 22.0. The molecular formula is C56H70N10O4S2. The zero-order valence-electron chi connectivity index (χ0n) is 42.7. The lowest BCUT2D eigenvalue weighted by Crippen LogP contribution is -2.25. The highest BCUT2D eigenvalue weighted by atomic mass is 32.1. The minimum absolute atomic E-state index is 0. The molecule has 2 atom stereocenters. The summed E-state index contributed by atoms with van der Waals surface area (Å²) < 4.78 is 15.3. The molecule has 8 rings (SSSR count). The van der Waals surface area contributed by atoms with Gasteiger partial charge in [0.25, 0.3) is 0 Å². The maximum Gasteiger partial charge on any atom is 0.308 e. The van der Waals surface area contributed by atoms with Crippen LogP contribution in [0.2, 0.25) is 0 Å². The third kappa shape index (κ3) is 12.7. The highest BCUT2D eigenvalue weighted by Crippen LogP contribution is 2.41. The van der Waals surface area contributed by atoms with Crippen LogP contribution in [0.25, 0.3) is 10.0 Å². The maximum absolute atomic E-state index is 12.9. The summed E-state index contributed by atoms with van der Waals surface area (Å²) in [5.74, 6) is 14.5. The molecule has 0 unspecified atom stereocenters. The molecule has 0 fully saturated rings. The first kappa shape index (κ1) is 56.4. The number of rotatable bonds is 7. The number of benzene rings is 2. The number of hydrogen-bond acceptors (Lipinski definition) is 14. The van der Waals surface area contributed by atoms with Gasteiger partial charge in [-0.3, -0.25) is 33.6 Å². The van der Waals surface area contributed by atoms with E-state index in [1.807, 2.05) is 120 Å². The fourth-order valence-corrected chi connectivity index (χ4v) is 10.4. The second kappa shape index (κ2) is 22.9. The van der Waals surface area contributed by atoms with Gasteiger partial charge in [-0.2, -0.15) is 0 Å². The minimum Gasteiger partial charge on any atom is -0.460 e. The van der Waals surface area contributed by atoms with Crippen LogP contribution in [-0.4, -0.2) is 96.2 Å². The molecule has 0 aliphatic carbocycles. The number of thiophene rings is 2. The summed E-state index contributed by atoms with van der Waals surface area (Å²) in [5, 5.41) is 19.6. The van der Waals surface area contributed by atoms with E-state index in [2.05, 4.69) is 83.9 Å². The number of carbonyl (C=O) groups is 2. The van der Waals surface area contributed by atoms with E-state index in [0.717, 1.165) is 72.0 Å². The molecule has 0 radical (unpaired) electrons. The first-order chi connectivity index (χ1) is 33.0. The SMILES string of the molecule is C.C.Cc1sc2c(c1C)C(c1ccc(C#CCN(C)C)cc1)=N[C@@H](CC(=O)OC(C)(C)C)c1nnc(C)n1-2.Cc1sc2c(c1C)C(c1ccc(C#CCN)cc1)=N[C@@H](CC(=O)OC(C)(C)C)c1nnc(C)n1-2. The quantitative estimate of drug-likeness (QED) is 0.120. The molecule has 14 nitrogen and oxygen atoms in total. The van der Waals surface area contributed by atoms with Crippen LogP contribution in [0.5, 0.6) is 0 Å². The second-order valence-electron chi connectivity index (χ2n) is 19.6. The molecule has 2 N–H and O–H groups in total. The van der Waals surface area contributed by atoms with Crippen LogP contribution in [0.4, 0.5) is 0 Å². The third-order valence-corrected chi connectivity index (χ3v) is 13.7. The third-order valence-electron chi connectivity index (χ3n) is 11.3. The van der Waals surface area contributed by atoms with Crippen LogP contribution in [0.15, 0.2) is 58.5 Å². The lowest BCUT2D eigenvalue weighted by Gasteiger charge is -2.21. The van der Waals surface area contributed by atoms with Crippen LogP contribution in [0.1, 0.15) is 159 Å². The van der Waals surface area contributed by atoms with E-state index >= 15 is 0 Å². The van der Waals surface area contributed by atoms with Gasteiger partial charge in [-0.25, -0.2) is 0 Å². The molecular weight excluding hydrogens is 941 g/mol. The number of nitrogens with zero attached hydrogens (tertiary/aromatic N) is 9. The molecule has 6 aromatic rings. The Morgan fingerprint density at radius 3 is 1.35 bits per heavy atom. The van der Waals surface area contributed by atoms with Crippen molar-refractivity contribution in [3.63, 3.8) is 0 Å². The van der Waals surface area contributed by atoms with Gasteiger partial charge in [0.2, 0.25) is 0 Å². The molecule has 380 valence electrons. The van der Waals surface area contributed by atoms with Crippen molar-refractivity contribution < 1.29 is 19.1 Å². The number of ether oxygens (including phenoxy) is 2. The summed E-state index contributed by atoms with van der Waals surface area (Å²) in [4.78, 5) is 40.4. The Morgan fingerprint density at radius 1 is 0.625 bits per heavy atom. The first-order valence-electron chi connectivity index (χ1n) is 23.2. The molecule has 0 saturated carbocycles. The smallest absolute Gasteiger partial charge is 0.308 e. The zero-order valence-corrected chi connectivity index (χ0v) is 44.3. The highest BCUT2D eigenvalue weighted by Gasteiger charge is 2.35. The van der Waals surface area contributed by atoms with Crippen molar-refractivity contribution in [1.82, 2.24) is 34.4 Å². The lowest BCUT2D eigenvalue weighted by molar-refractivity contribution is -0.156. The van der Waals surface area contributed by atoms with Crippen molar-refractivity contribution in [2.24, 2.45) is 15.7 Å². The number of fused-ring (bicyclic) bond motifs is 6. The number of hydrogen-bond donors (Lipinski definition) is 1. The Labute approximate surface area is 434 Å². The van der Waals surface area contributed by atoms with Crippen LogP contribution in [-0.2, 0) is 19.1 Å². The predicted octanol–water partition coefficient (Wildman–Crippen LogP) is 10.3. The fourth-order valence-electron chi connectivity index (χ4n) is 8.01. The topological polar surface area (TPSA) is 168 Å². The van der Waals surface area contributed by atoms with Crippen LogP contribution in [0.3, 0.4) is 0 Å². The van der Waals surface area contributed by atoms with Gasteiger partial charge in [-0.1, -0.05) is 62.8 Å². The zero-order chi connectivity index (χ0) is 50.8. The summed E-state index contributed by atoms with van der Waals surface area (Å²) in [6, 6.07) is 15.1. The Kier molecular flexibility index (Phi) is 17.9. The summed E-state index contributed by atoms with van der Waals surface area (Å²) in [5.41, 5.74) is 14.2. The van der Waals surface area contributed by atoms with Gasteiger partial charge in [-0.05, 0) is 133 Å². The van der Waals surface area contributed by atoms with Gasteiger partial charge in [-0.15, -0.1) is 43.1 Å². The minimum atomic E-state index is -0.579. The molecule has 2 aromatic carbocycles. The largest absolute Gasteiger partial charge is 0.460 e. The molecule has 0 spiro atoms. The summed E-state index contributed by atoms with van der Waals surface area (Å²) in [6.45, 7) is 24.5. The van der Waals surface area contributed by atoms with Crippen LogP contribution in [0, 0.1) is 65.2 Å². The van der Waals surface area contributed by atoms with Gasteiger partial charge in [0.1, 0.15) is 44.9 Å². The molecule has 0 bridgehead atoms. The number of aliphatic imine (C=N–C) groups is 2. The van der Waals surface area contributed by atoms with E-state index in [9.17, 15) is 9.59 Å². The van der Waals surface area contributed by atoms with Crippen molar-refractivity contribution in [3.8, 4) is 33.7 Å². The number of nitrogens with two attached hydrogens (primary N) is 1. The van der Waals surface area contributed by atoms with Gasteiger partial charge in [0.15, 0.2) is 11.6 Å². The molecule has 0 amide bonds. The summed E-state index contributed by atoms with van der Waals surface area (Å²) in [7, 11) is 4.00. The Balaban J connectivity index is 0.000000261. The van der Waals surface area contributed by atoms with Crippen molar-refractivity contribution in [1.29, 1.82) is 0 Å². The van der Waals surface area contributed by atoms with E-state index in [0.29, 0.717) is 24.7 Å². The van der Waals surface area contributed by atoms with Crippen molar-refractivity contribution in [2.45, 2.75) is 134 Å².